The second kappa shape index (κ2) is 6.43. The van der Waals surface area contributed by atoms with Crippen LogP contribution in [0.3, 0.4) is 0 Å². The molecule has 25 heavy (non-hydrogen) atoms. The Balaban J connectivity index is 2.05. The first-order valence-corrected chi connectivity index (χ1v) is 7.30. The molecule has 2 aromatic carbocycles. The van der Waals surface area contributed by atoms with Crippen molar-refractivity contribution < 1.29 is 22.7 Å². The zero-order chi connectivity index (χ0) is 18.0. The van der Waals surface area contributed by atoms with Crippen LogP contribution in [0.1, 0.15) is 15.9 Å². The zero-order valence-corrected chi connectivity index (χ0v) is 13.1. The van der Waals surface area contributed by atoms with Crippen LogP contribution in [-0.2, 0) is 10.9 Å². The molecule has 0 aliphatic rings. The monoisotopic (exact) mass is 346 g/mol. The van der Waals surface area contributed by atoms with Gasteiger partial charge in [-0.15, -0.1) is 0 Å². The van der Waals surface area contributed by atoms with Crippen LogP contribution in [-0.4, -0.2) is 18.1 Å². The van der Waals surface area contributed by atoms with E-state index >= 15 is 0 Å². The van der Waals surface area contributed by atoms with Gasteiger partial charge in [-0.1, -0.05) is 18.2 Å². The molecule has 0 saturated carbocycles. The van der Waals surface area contributed by atoms with Crippen LogP contribution in [0, 0.1) is 0 Å². The van der Waals surface area contributed by atoms with Crippen LogP contribution < -0.4 is 5.32 Å². The lowest BCUT2D eigenvalue weighted by molar-refractivity contribution is -0.136. The minimum absolute atomic E-state index is 0.135. The number of alkyl halides is 3. The number of rotatable bonds is 3. The van der Waals surface area contributed by atoms with E-state index in [1.165, 1.54) is 19.4 Å². The molecule has 128 valence electrons. The topological polar surface area (TPSA) is 51.2 Å². The number of pyridine rings is 1. The molecular weight excluding hydrogens is 333 g/mol. The quantitative estimate of drug-likeness (QED) is 0.693. The number of para-hydroxylation sites is 1. The molecule has 0 bridgehead atoms. The highest BCUT2D eigenvalue weighted by Gasteiger charge is 2.33. The van der Waals surface area contributed by atoms with Crippen LogP contribution in [0.25, 0.3) is 10.9 Å². The molecule has 7 heteroatoms. The van der Waals surface area contributed by atoms with Crippen molar-refractivity contribution in [3.63, 3.8) is 0 Å². The van der Waals surface area contributed by atoms with E-state index in [-0.39, 0.29) is 5.52 Å². The number of nitrogens with zero attached hydrogens (tertiary/aromatic N) is 1. The van der Waals surface area contributed by atoms with Gasteiger partial charge in [-0.2, -0.15) is 13.2 Å². The van der Waals surface area contributed by atoms with Crippen molar-refractivity contribution >= 4 is 28.2 Å². The SMILES string of the molecule is COC(=O)c1cccc(Nc2ccnc3c(C(F)(F)F)cccc23)c1. The summed E-state index contributed by atoms with van der Waals surface area (Å²) in [6, 6.07) is 12.0. The molecule has 0 saturated heterocycles. The van der Waals surface area contributed by atoms with Gasteiger partial charge in [-0.25, -0.2) is 4.79 Å². The normalized spacial score (nSPS) is 11.4. The summed E-state index contributed by atoms with van der Waals surface area (Å²) in [5.74, 6) is -0.498. The molecule has 0 radical (unpaired) electrons. The molecule has 0 amide bonds. The molecule has 0 spiro atoms. The van der Waals surface area contributed by atoms with E-state index in [0.717, 1.165) is 6.07 Å². The first kappa shape index (κ1) is 16.8. The predicted octanol–water partition coefficient (Wildman–Crippen LogP) is 4.78. The van der Waals surface area contributed by atoms with Gasteiger partial charge < -0.3 is 10.1 Å². The Labute approximate surface area is 141 Å². The van der Waals surface area contributed by atoms with E-state index in [2.05, 4.69) is 15.0 Å². The average molecular weight is 346 g/mol. The van der Waals surface area contributed by atoms with E-state index < -0.39 is 17.7 Å². The van der Waals surface area contributed by atoms with Crippen molar-refractivity contribution in [1.29, 1.82) is 0 Å². The number of fused-ring (bicyclic) bond motifs is 1. The summed E-state index contributed by atoms with van der Waals surface area (Å²) >= 11 is 0. The summed E-state index contributed by atoms with van der Waals surface area (Å²) in [4.78, 5) is 15.5. The molecule has 0 aliphatic carbocycles. The second-order valence-corrected chi connectivity index (χ2v) is 5.26. The highest BCUT2D eigenvalue weighted by molar-refractivity contribution is 5.95. The van der Waals surface area contributed by atoms with Crippen LogP contribution in [0.5, 0.6) is 0 Å². The molecule has 0 fully saturated rings. The summed E-state index contributed by atoms with van der Waals surface area (Å²) in [6.45, 7) is 0. The Morgan fingerprint density at radius 1 is 1.12 bits per heavy atom. The molecule has 3 aromatic rings. The Kier molecular flexibility index (Phi) is 4.31. The molecule has 4 nitrogen and oxygen atoms in total. The predicted molar refractivity (Wildman–Crippen MR) is 87.8 cm³/mol. The average Bonchev–Trinajstić information content (AvgIpc) is 2.60. The lowest BCUT2D eigenvalue weighted by Crippen LogP contribution is -2.07. The van der Waals surface area contributed by atoms with Gasteiger partial charge in [0.1, 0.15) is 0 Å². The van der Waals surface area contributed by atoms with E-state index in [1.54, 1.807) is 36.4 Å². The number of ether oxygens (including phenoxy) is 1. The fourth-order valence-electron chi connectivity index (χ4n) is 2.51. The first-order chi connectivity index (χ1) is 11.9. The lowest BCUT2D eigenvalue weighted by atomic mass is 10.1. The molecule has 3 rings (SSSR count). The summed E-state index contributed by atoms with van der Waals surface area (Å²) < 4.78 is 44.1. The van der Waals surface area contributed by atoms with E-state index in [0.29, 0.717) is 22.3 Å². The number of anilines is 2. The van der Waals surface area contributed by atoms with Crippen molar-refractivity contribution in [1.82, 2.24) is 4.98 Å². The lowest BCUT2D eigenvalue weighted by Gasteiger charge is -2.13. The van der Waals surface area contributed by atoms with E-state index in [9.17, 15) is 18.0 Å². The third-order valence-corrected chi connectivity index (χ3v) is 3.64. The van der Waals surface area contributed by atoms with Gasteiger partial charge in [0.05, 0.1) is 23.8 Å². The van der Waals surface area contributed by atoms with Crippen LogP contribution in [0.15, 0.2) is 54.7 Å². The molecular formula is C18H13F3N2O2. The van der Waals surface area contributed by atoms with Crippen LogP contribution >= 0.6 is 0 Å². The Hall–Kier alpha value is -3.09. The van der Waals surface area contributed by atoms with Crippen LogP contribution in [0.2, 0.25) is 0 Å². The number of nitrogens with one attached hydrogen (secondary N) is 1. The Bertz CT molecular complexity index is 939. The van der Waals surface area contributed by atoms with Crippen molar-refractivity contribution in [3.05, 3.63) is 65.9 Å². The van der Waals surface area contributed by atoms with Gasteiger partial charge in [0.15, 0.2) is 0 Å². The number of esters is 1. The largest absolute Gasteiger partial charge is 0.465 e. The number of benzene rings is 2. The first-order valence-electron chi connectivity index (χ1n) is 7.30. The Morgan fingerprint density at radius 2 is 1.88 bits per heavy atom. The summed E-state index contributed by atoms with van der Waals surface area (Å²) in [6.07, 6.45) is -3.18. The highest BCUT2D eigenvalue weighted by Crippen LogP contribution is 2.36. The minimum atomic E-state index is -4.49. The van der Waals surface area contributed by atoms with Gasteiger partial charge >= 0.3 is 12.1 Å². The maximum absolute atomic E-state index is 13.1. The fourth-order valence-corrected chi connectivity index (χ4v) is 2.51. The number of halogens is 3. The van der Waals surface area contributed by atoms with Crippen molar-refractivity contribution in [2.75, 3.05) is 12.4 Å². The molecule has 0 unspecified atom stereocenters. The maximum Gasteiger partial charge on any atom is 0.418 e. The minimum Gasteiger partial charge on any atom is -0.465 e. The number of carbonyl (C=O) groups excluding carboxylic acids is 1. The molecule has 1 N–H and O–H groups in total. The smallest absolute Gasteiger partial charge is 0.418 e. The fraction of sp³-hybridized carbons (Fsp3) is 0.111. The second-order valence-electron chi connectivity index (χ2n) is 5.26. The van der Waals surface area contributed by atoms with Gasteiger partial charge in [-0.05, 0) is 30.3 Å². The Morgan fingerprint density at radius 3 is 2.60 bits per heavy atom. The summed E-state index contributed by atoms with van der Waals surface area (Å²) in [5, 5.41) is 3.36. The zero-order valence-electron chi connectivity index (χ0n) is 13.1. The van der Waals surface area contributed by atoms with Crippen molar-refractivity contribution in [2.24, 2.45) is 0 Å². The maximum atomic E-state index is 13.1. The van der Waals surface area contributed by atoms with Gasteiger partial charge in [0, 0.05) is 23.0 Å². The molecule has 1 heterocycles. The number of methoxy groups -OCH3 is 1. The number of carbonyl (C=O) groups is 1. The van der Waals surface area contributed by atoms with Gasteiger partial charge in [0.25, 0.3) is 0 Å². The van der Waals surface area contributed by atoms with Crippen molar-refractivity contribution in [2.45, 2.75) is 6.18 Å². The number of hydrogen-bond acceptors (Lipinski definition) is 4. The van der Waals surface area contributed by atoms with E-state index in [1.807, 2.05) is 0 Å². The van der Waals surface area contributed by atoms with Crippen molar-refractivity contribution in [3.8, 4) is 0 Å². The summed E-state index contributed by atoms with van der Waals surface area (Å²) in [7, 11) is 1.28. The molecule has 0 atom stereocenters. The van der Waals surface area contributed by atoms with Gasteiger partial charge in [-0.3, -0.25) is 4.98 Å². The van der Waals surface area contributed by atoms with Crippen LogP contribution in [0.4, 0.5) is 24.5 Å². The standard InChI is InChI=1S/C18H13F3N2O2/c1-25-17(24)11-4-2-5-12(10-11)23-15-8-9-22-16-13(15)6-3-7-14(16)18(19,20)21/h2-10H,1H3,(H,22,23). The third-order valence-electron chi connectivity index (χ3n) is 3.64. The molecule has 0 aliphatic heterocycles. The molecule has 1 aromatic heterocycles. The third kappa shape index (κ3) is 3.40. The highest BCUT2D eigenvalue weighted by atomic mass is 19.4. The van der Waals surface area contributed by atoms with E-state index in [4.69, 9.17) is 0 Å². The number of aromatic nitrogens is 1. The number of hydrogen-bond donors (Lipinski definition) is 1. The van der Waals surface area contributed by atoms with Gasteiger partial charge in [0.2, 0.25) is 0 Å². The summed E-state index contributed by atoms with van der Waals surface area (Å²) in [5.41, 5.74) is 0.411.